The third-order valence-corrected chi connectivity index (χ3v) is 12.6. The van der Waals surface area contributed by atoms with Crippen molar-refractivity contribution < 1.29 is 14.3 Å². The molecule has 1 unspecified atom stereocenters. The number of Topliss-reactive ketones (excluding diaryl/α,β-unsaturated/α-hetero) is 1. The number of hydrogen-bond acceptors (Lipinski definition) is 4. The maximum Gasteiger partial charge on any atom is 0.201 e. The molecule has 0 amide bonds. The molecule has 0 radical (unpaired) electrons. The van der Waals surface area contributed by atoms with Gasteiger partial charge >= 0.3 is 0 Å². The highest BCUT2D eigenvalue weighted by Gasteiger charge is 2.34. The first kappa shape index (κ1) is 47.2. The molecule has 1 heterocycles. The molecule has 1 aliphatic rings. The SMILES string of the molecule is CCCCCCCCCCCCCCCCCCC(CCC)c1cc2c(c(OCCCCCCC)c1OCCCCCCC)SC(=Cc1ccccc1)C2=O. The zero-order valence-electron chi connectivity index (χ0n) is 36.2. The third-order valence-electron chi connectivity index (χ3n) is 11.5. The molecule has 55 heavy (non-hydrogen) atoms. The summed E-state index contributed by atoms with van der Waals surface area (Å²) in [5.74, 6) is 2.25. The van der Waals surface area contributed by atoms with Crippen molar-refractivity contribution in [2.24, 2.45) is 0 Å². The summed E-state index contributed by atoms with van der Waals surface area (Å²) in [4.78, 5) is 15.9. The molecule has 1 atom stereocenters. The van der Waals surface area contributed by atoms with E-state index >= 15 is 0 Å². The molecular weight excluding hydrogens is 693 g/mol. The Morgan fingerprint density at radius 2 is 0.982 bits per heavy atom. The molecule has 2 aromatic rings. The zero-order valence-corrected chi connectivity index (χ0v) is 37.0. The van der Waals surface area contributed by atoms with Gasteiger partial charge in [-0.15, -0.1) is 0 Å². The van der Waals surface area contributed by atoms with Crippen molar-refractivity contribution in [3.8, 4) is 11.5 Å². The zero-order chi connectivity index (χ0) is 39.2. The van der Waals surface area contributed by atoms with Crippen LogP contribution in [0.3, 0.4) is 0 Å². The smallest absolute Gasteiger partial charge is 0.201 e. The average molecular weight is 775 g/mol. The lowest BCUT2D eigenvalue weighted by Crippen LogP contribution is -2.11. The van der Waals surface area contributed by atoms with Crippen LogP contribution in [-0.2, 0) is 0 Å². The first-order chi connectivity index (χ1) is 27.1. The first-order valence-electron chi connectivity index (χ1n) is 23.6. The van der Waals surface area contributed by atoms with Gasteiger partial charge in [-0.3, -0.25) is 4.79 Å². The summed E-state index contributed by atoms with van der Waals surface area (Å²) in [5.41, 5.74) is 3.08. The Kier molecular flexibility index (Phi) is 26.5. The summed E-state index contributed by atoms with van der Waals surface area (Å²) in [6, 6.07) is 12.5. The monoisotopic (exact) mass is 775 g/mol. The molecule has 0 saturated carbocycles. The second-order valence-corrected chi connectivity index (χ2v) is 17.5. The number of ether oxygens (including phenoxy) is 2. The molecule has 0 fully saturated rings. The minimum Gasteiger partial charge on any atom is -0.489 e. The lowest BCUT2D eigenvalue weighted by atomic mass is 9.86. The molecule has 3 rings (SSSR count). The molecule has 0 spiro atoms. The van der Waals surface area contributed by atoms with Crippen LogP contribution in [0.25, 0.3) is 6.08 Å². The van der Waals surface area contributed by atoms with Crippen LogP contribution in [0.15, 0.2) is 46.2 Å². The van der Waals surface area contributed by atoms with E-state index in [0.717, 1.165) is 64.5 Å². The number of rotatable bonds is 35. The van der Waals surface area contributed by atoms with Crippen LogP contribution in [0.1, 0.15) is 241 Å². The number of hydrogen-bond donors (Lipinski definition) is 0. The van der Waals surface area contributed by atoms with Gasteiger partial charge in [-0.2, -0.15) is 0 Å². The first-order valence-corrected chi connectivity index (χ1v) is 24.4. The highest BCUT2D eigenvalue weighted by Crippen LogP contribution is 2.53. The van der Waals surface area contributed by atoms with E-state index in [1.165, 1.54) is 160 Å². The van der Waals surface area contributed by atoms with E-state index < -0.39 is 0 Å². The molecule has 0 saturated heterocycles. The van der Waals surface area contributed by atoms with Crippen molar-refractivity contribution in [2.75, 3.05) is 13.2 Å². The average Bonchev–Trinajstić information content (AvgIpc) is 3.51. The van der Waals surface area contributed by atoms with Crippen molar-refractivity contribution in [3.05, 3.63) is 58.0 Å². The minimum atomic E-state index is 0.127. The van der Waals surface area contributed by atoms with Crippen molar-refractivity contribution in [2.45, 2.75) is 225 Å². The largest absolute Gasteiger partial charge is 0.489 e. The van der Waals surface area contributed by atoms with E-state index in [-0.39, 0.29) is 5.78 Å². The Morgan fingerprint density at radius 1 is 0.527 bits per heavy atom. The molecule has 310 valence electrons. The minimum absolute atomic E-state index is 0.127. The van der Waals surface area contributed by atoms with Crippen LogP contribution < -0.4 is 9.47 Å². The highest BCUT2D eigenvalue weighted by atomic mass is 32.2. The molecule has 0 N–H and O–H groups in total. The van der Waals surface area contributed by atoms with Crippen molar-refractivity contribution in [3.63, 3.8) is 0 Å². The standard InChI is InChI=1S/C51H82O3S/c1-5-9-12-15-16-17-18-19-20-21-22-23-24-25-26-32-38-44(35-8-4)45-42-46-48(52)47(41-43-36-30-29-31-37-43)55-51(46)50(54-40-34-28-14-11-7-3)49(45)53-39-33-27-13-10-6-2/h29-31,36-37,41-42,44H,5-28,32-35,38-40H2,1-4H3. The van der Waals surface area contributed by atoms with Gasteiger partial charge in [0.25, 0.3) is 0 Å². The third kappa shape index (κ3) is 18.7. The van der Waals surface area contributed by atoms with Crippen molar-refractivity contribution in [1.29, 1.82) is 0 Å². The van der Waals surface area contributed by atoms with Gasteiger partial charge in [0.2, 0.25) is 5.78 Å². The normalized spacial score (nSPS) is 13.8. The van der Waals surface area contributed by atoms with Gasteiger partial charge in [-0.1, -0.05) is 230 Å². The van der Waals surface area contributed by atoms with Gasteiger partial charge < -0.3 is 9.47 Å². The van der Waals surface area contributed by atoms with Crippen molar-refractivity contribution >= 4 is 23.6 Å². The second kappa shape index (κ2) is 30.9. The fourth-order valence-electron chi connectivity index (χ4n) is 8.08. The molecular formula is C51H82O3S. The lowest BCUT2D eigenvalue weighted by molar-refractivity contribution is 0.104. The van der Waals surface area contributed by atoms with E-state index in [2.05, 4.69) is 52.0 Å². The quantitative estimate of drug-likeness (QED) is 0.0516. The van der Waals surface area contributed by atoms with E-state index in [4.69, 9.17) is 9.47 Å². The number of benzene rings is 2. The van der Waals surface area contributed by atoms with E-state index in [1.54, 1.807) is 11.8 Å². The topological polar surface area (TPSA) is 35.5 Å². The summed E-state index contributed by atoms with van der Waals surface area (Å²) in [6.45, 7) is 10.5. The van der Waals surface area contributed by atoms with Crippen LogP contribution in [0.5, 0.6) is 11.5 Å². The number of carbonyl (C=O) groups is 1. The van der Waals surface area contributed by atoms with Crippen LogP contribution in [0.4, 0.5) is 0 Å². The number of carbonyl (C=O) groups excluding carboxylic acids is 1. The summed E-state index contributed by atoms with van der Waals surface area (Å²) in [6.07, 6.45) is 39.6. The molecule has 4 heteroatoms. The Bertz CT molecular complexity index is 1300. The summed E-state index contributed by atoms with van der Waals surface area (Å²) >= 11 is 1.58. The Balaban J connectivity index is 1.68. The van der Waals surface area contributed by atoms with Crippen LogP contribution in [0.2, 0.25) is 0 Å². The molecule has 0 bridgehead atoms. The summed E-state index contributed by atoms with van der Waals surface area (Å²) in [5, 5.41) is 0. The Morgan fingerprint density at radius 3 is 1.47 bits per heavy atom. The molecule has 0 aromatic heterocycles. The Hall–Kier alpha value is -2.20. The predicted octanol–water partition coefficient (Wildman–Crippen LogP) is 17.2. The fraction of sp³-hybridized carbons (Fsp3) is 0.706. The molecule has 0 aliphatic carbocycles. The van der Waals surface area contributed by atoms with Gasteiger partial charge in [0.05, 0.1) is 23.0 Å². The predicted molar refractivity (Wildman–Crippen MR) is 241 cm³/mol. The number of thioether (sulfide) groups is 1. The van der Waals surface area contributed by atoms with E-state index in [9.17, 15) is 4.79 Å². The van der Waals surface area contributed by atoms with Crippen LogP contribution in [0, 0.1) is 0 Å². The van der Waals surface area contributed by atoms with Gasteiger partial charge in [0.1, 0.15) is 0 Å². The van der Waals surface area contributed by atoms with E-state index in [1.807, 2.05) is 18.2 Å². The van der Waals surface area contributed by atoms with Crippen molar-refractivity contribution in [1.82, 2.24) is 0 Å². The van der Waals surface area contributed by atoms with Gasteiger partial charge in [-0.05, 0) is 49.3 Å². The maximum absolute atomic E-state index is 14.1. The van der Waals surface area contributed by atoms with E-state index in [0.29, 0.717) is 19.1 Å². The molecule has 2 aromatic carbocycles. The number of fused-ring (bicyclic) bond motifs is 1. The van der Waals surface area contributed by atoms with Crippen LogP contribution >= 0.6 is 11.8 Å². The lowest BCUT2D eigenvalue weighted by Gasteiger charge is -2.24. The fourth-order valence-corrected chi connectivity index (χ4v) is 9.21. The number of allylic oxidation sites excluding steroid dienone is 1. The van der Waals surface area contributed by atoms with Gasteiger partial charge in [0.15, 0.2) is 11.5 Å². The van der Waals surface area contributed by atoms with Gasteiger partial charge in [-0.25, -0.2) is 0 Å². The number of ketones is 1. The number of unbranched alkanes of at least 4 members (excludes halogenated alkanes) is 23. The second-order valence-electron chi connectivity index (χ2n) is 16.5. The molecule has 3 nitrogen and oxygen atoms in total. The molecule has 1 aliphatic heterocycles. The summed E-state index contributed by atoms with van der Waals surface area (Å²) < 4.78 is 13.6. The maximum atomic E-state index is 14.1. The summed E-state index contributed by atoms with van der Waals surface area (Å²) in [7, 11) is 0. The highest BCUT2D eigenvalue weighted by molar-refractivity contribution is 8.05. The van der Waals surface area contributed by atoms with Gasteiger partial charge in [0, 0.05) is 11.1 Å². The van der Waals surface area contributed by atoms with Crippen LogP contribution in [-0.4, -0.2) is 19.0 Å². The Labute approximate surface area is 344 Å².